The smallest absolute Gasteiger partial charge is 1.00 e. The summed E-state index contributed by atoms with van der Waals surface area (Å²) in [6, 6.07) is 0. The van der Waals surface area contributed by atoms with E-state index in [0.29, 0.717) is 5.92 Å². The van der Waals surface area contributed by atoms with Crippen molar-refractivity contribution in [3.8, 4) is 0 Å². The molecule has 1 fully saturated rings. The Morgan fingerprint density at radius 3 is 2.30 bits per heavy atom. The van der Waals surface area contributed by atoms with Crippen LogP contribution in [-0.2, 0) is 0 Å². The predicted molar refractivity (Wildman–Crippen MR) is 39.3 cm³/mol. The molecule has 0 saturated heterocycles. The summed E-state index contributed by atoms with van der Waals surface area (Å²) in [5.74, 6) is 1.29. The maximum Gasteiger partial charge on any atom is 1.00 e. The third kappa shape index (κ3) is 3.33. The zero-order valence-electron chi connectivity index (χ0n) is 8.30. The SMILES string of the molecule is CC1CCC(C)C(O)C1.[H-].[K+]. The Kier molecular flexibility index (Phi) is 6.12. The van der Waals surface area contributed by atoms with Crippen LogP contribution >= 0.6 is 0 Å². The largest absolute Gasteiger partial charge is 1.00 e. The summed E-state index contributed by atoms with van der Waals surface area (Å²) in [6.07, 6.45) is 3.51. The molecule has 0 heterocycles. The number of hydrogen-bond acceptors (Lipinski definition) is 1. The van der Waals surface area contributed by atoms with Crippen molar-refractivity contribution >= 4 is 0 Å². The molecule has 56 valence electrons. The van der Waals surface area contributed by atoms with Crippen LogP contribution in [0.1, 0.15) is 34.5 Å². The van der Waals surface area contributed by atoms with E-state index in [1.807, 2.05) is 0 Å². The first-order valence-electron chi connectivity index (χ1n) is 3.88. The molecule has 3 unspecified atom stereocenters. The number of hydrogen-bond donors (Lipinski definition) is 1. The molecule has 0 aromatic carbocycles. The van der Waals surface area contributed by atoms with E-state index in [-0.39, 0.29) is 58.9 Å². The third-order valence-corrected chi connectivity index (χ3v) is 2.42. The zero-order chi connectivity index (χ0) is 6.85. The molecule has 1 N–H and O–H groups in total. The second-order valence-corrected chi connectivity index (χ2v) is 3.46. The van der Waals surface area contributed by atoms with Crippen LogP contribution in [0.3, 0.4) is 0 Å². The van der Waals surface area contributed by atoms with Gasteiger partial charge in [0.1, 0.15) is 0 Å². The van der Waals surface area contributed by atoms with Crippen LogP contribution in [-0.4, -0.2) is 11.2 Å². The molecule has 1 aliphatic carbocycles. The Labute approximate surface area is 107 Å². The summed E-state index contributed by atoms with van der Waals surface area (Å²) < 4.78 is 0. The van der Waals surface area contributed by atoms with Crippen molar-refractivity contribution in [1.82, 2.24) is 0 Å². The third-order valence-electron chi connectivity index (χ3n) is 2.42. The quantitative estimate of drug-likeness (QED) is 0.456. The molecule has 0 radical (unpaired) electrons. The Balaban J connectivity index is 0. The molecule has 1 rings (SSSR count). The molecule has 1 saturated carbocycles. The molecule has 3 atom stereocenters. The van der Waals surface area contributed by atoms with Crippen LogP contribution < -0.4 is 51.4 Å². The average Bonchev–Trinajstić information content (AvgIpc) is 1.80. The second-order valence-electron chi connectivity index (χ2n) is 3.46. The molecule has 1 aliphatic rings. The summed E-state index contributed by atoms with van der Waals surface area (Å²) in [5.41, 5.74) is 0. The number of rotatable bonds is 0. The van der Waals surface area contributed by atoms with Crippen LogP contribution in [0.5, 0.6) is 0 Å². The minimum Gasteiger partial charge on any atom is -1.00 e. The fraction of sp³-hybridized carbons (Fsp3) is 1.00. The monoisotopic (exact) mass is 168 g/mol. The van der Waals surface area contributed by atoms with Gasteiger partial charge in [-0.3, -0.25) is 0 Å². The topological polar surface area (TPSA) is 20.2 Å². The van der Waals surface area contributed by atoms with E-state index in [9.17, 15) is 5.11 Å². The van der Waals surface area contributed by atoms with E-state index in [2.05, 4.69) is 13.8 Å². The van der Waals surface area contributed by atoms with Gasteiger partial charge < -0.3 is 6.53 Å². The van der Waals surface area contributed by atoms with E-state index in [1.165, 1.54) is 12.8 Å². The minimum absolute atomic E-state index is 0. The Morgan fingerprint density at radius 2 is 1.90 bits per heavy atom. The number of aliphatic hydroxyl groups excluding tert-OH is 1. The summed E-state index contributed by atoms with van der Waals surface area (Å²) in [6.45, 7) is 4.35. The van der Waals surface area contributed by atoms with Crippen molar-refractivity contribution in [3.05, 3.63) is 0 Å². The zero-order valence-corrected chi connectivity index (χ0v) is 10.4. The predicted octanol–water partition coefficient (Wildman–Crippen LogP) is -1.08. The molecule has 0 aromatic heterocycles. The molecule has 0 bridgehead atoms. The maximum atomic E-state index is 9.35. The normalized spacial score (nSPS) is 40.5. The molecular weight excluding hydrogens is 151 g/mol. The Bertz CT molecular complexity index is 100. The van der Waals surface area contributed by atoms with E-state index < -0.39 is 0 Å². The molecule has 0 spiro atoms. The van der Waals surface area contributed by atoms with Crippen molar-refractivity contribution in [2.45, 2.75) is 39.2 Å². The maximum absolute atomic E-state index is 9.35. The molecule has 10 heavy (non-hydrogen) atoms. The van der Waals surface area contributed by atoms with Gasteiger partial charge >= 0.3 is 51.4 Å². The fourth-order valence-corrected chi connectivity index (χ4v) is 1.50. The second kappa shape index (κ2) is 5.28. The fourth-order valence-electron chi connectivity index (χ4n) is 1.50. The average molecular weight is 168 g/mol. The van der Waals surface area contributed by atoms with Gasteiger partial charge in [0, 0.05) is 0 Å². The molecule has 1 nitrogen and oxygen atoms in total. The van der Waals surface area contributed by atoms with Crippen LogP contribution in [0, 0.1) is 11.8 Å². The van der Waals surface area contributed by atoms with Gasteiger partial charge in [-0.15, -0.1) is 0 Å². The van der Waals surface area contributed by atoms with E-state index in [1.54, 1.807) is 0 Å². The van der Waals surface area contributed by atoms with Gasteiger partial charge in [-0.05, 0) is 24.7 Å². The van der Waals surface area contributed by atoms with Gasteiger partial charge in [0.05, 0.1) is 6.10 Å². The first kappa shape index (κ1) is 11.6. The molecule has 0 aromatic rings. The van der Waals surface area contributed by atoms with Gasteiger partial charge in [0.25, 0.3) is 0 Å². The van der Waals surface area contributed by atoms with Crippen LogP contribution in [0.4, 0.5) is 0 Å². The molecule has 2 heteroatoms. The van der Waals surface area contributed by atoms with E-state index in [0.717, 1.165) is 12.3 Å². The standard InChI is InChI=1S/C8H16O.K.H/c1-6-3-4-7(2)8(9)5-6;;/h6-9H,3-5H2,1-2H3;;/q;+1;-1. The van der Waals surface area contributed by atoms with Crippen molar-refractivity contribution in [2.75, 3.05) is 0 Å². The van der Waals surface area contributed by atoms with Crippen molar-refractivity contribution in [2.24, 2.45) is 11.8 Å². The van der Waals surface area contributed by atoms with E-state index in [4.69, 9.17) is 0 Å². The van der Waals surface area contributed by atoms with E-state index >= 15 is 0 Å². The summed E-state index contributed by atoms with van der Waals surface area (Å²) >= 11 is 0. The van der Waals surface area contributed by atoms with Gasteiger partial charge in [0.2, 0.25) is 0 Å². The summed E-state index contributed by atoms with van der Waals surface area (Å²) in [7, 11) is 0. The summed E-state index contributed by atoms with van der Waals surface area (Å²) in [4.78, 5) is 0. The van der Waals surface area contributed by atoms with Crippen molar-refractivity contribution < 1.29 is 57.9 Å². The first-order valence-corrected chi connectivity index (χ1v) is 3.88. The van der Waals surface area contributed by atoms with Gasteiger partial charge in [0.15, 0.2) is 0 Å². The van der Waals surface area contributed by atoms with Gasteiger partial charge in [-0.2, -0.15) is 0 Å². The van der Waals surface area contributed by atoms with Crippen LogP contribution in [0.2, 0.25) is 0 Å². The molecule has 0 amide bonds. The van der Waals surface area contributed by atoms with Crippen LogP contribution in [0.25, 0.3) is 0 Å². The molecule has 0 aliphatic heterocycles. The summed E-state index contributed by atoms with van der Waals surface area (Å²) in [5, 5.41) is 9.35. The number of aliphatic hydroxyl groups is 1. The van der Waals surface area contributed by atoms with Crippen LogP contribution in [0.15, 0.2) is 0 Å². The molecular formula is C8H17KO. The Hall–Kier alpha value is 1.60. The Morgan fingerprint density at radius 1 is 1.30 bits per heavy atom. The van der Waals surface area contributed by atoms with Gasteiger partial charge in [-0.1, -0.05) is 20.3 Å². The minimum atomic E-state index is -0.0197. The first-order chi connectivity index (χ1) is 4.20. The van der Waals surface area contributed by atoms with Crippen molar-refractivity contribution in [3.63, 3.8) is 0 Å². The van der Waals surface area contributed by atoms with Gasteiger partial charge in [-0.25, -0.2) is 0 Å². The van der Waals surface area contributed by atoms with Crippen molar-refractivity contribution in [1.29, 1.82) is 0 Å².